The van der Waals surface area contributed by atoms with E-state index >= 15 is 0 Å². The zero-order chi connectivity index (χ0) is 20.3. The lowest BCUT2D eigenvalue weighted by Crippen LogP contribution is -2.47. The van der Waals surface area contributed by atoms with Crippen LogP contribution in [0.3, 0.4) is 0 Å². The molecule has 1 fully saturated rings. The van der Waals surface area contributed by atoms with Gasteiger partial charge in [0.1, 0.15) is 0 Å². The van der Waals surface area contributed by atoms with Gasteiger partial charge in [0.15, 0.2) is 0 Å². The number of benzene rings is 1. The van der Waals surface area contributed by atoms with Gasteiger partial charge in [0.2, 0.25) is 5.95 Å². The first-order chi connectivity index (χ1) is 13.4. The van der Waals surface area contributed by atoms with Crippen molar-refractivity contribution in [2.75, 3.05) is 43.0 Å². The molecule has 2 N–H and O–H groups in total. The summed E-state index contributed by atoms with van der Waals surface area (Å²) in [5, 5.41) is 2.65. The number of carbonyl (C=O) groups excluding carboxylic acids is 1. The number of rotatable bonds is 4. The maximum atomic E-state index is 12.2. The number of allylic oxidation sites excluding steroid dienone is 1. The molecule has 2 heterocycles. The molecule has 1 aromatic heterocycles. The van der Waals surface area contributed by atoms with Crippen molar-refractivity contribution >= 4 is 23.6 Å². The number of hydrogen-bond acceptors (Lipinski definition) is 5. The van der Waals surface area contributed by atoms with Crippen molar-refractivity contribution in [1.29, 1.82) is 0 Å². The predicted octanol–water partition coefficient (Wildman–Crippen LogP) is 2.11. The molecule has 1 aromatic carbocycles. The molecule has 0 aliphatic carbocycles. The van der Waals surface area contributed by atoms with Crippen LogP contribution in [0.2, 0.25) is 0 Å². The highest BCUT2D eigenvalue weighted by atomic mass is 16.1. The molecule has 1 aliphatic rings. The van der Waals surface area contributed by atoms with E-state index in [1.165, 1.54) is 0 Å². The number of H-pyrrole nitrogens is 1. The van der Waals surface area contributed by atoms with Crippen molar-refractivity contribution in [2.24, 2.45) is 0 Å². The molecule has 28 heavy (non-hydrogen) atoms. The number of aromatic amines is 1. The van der Waals surface area contributed by atoms with Gasteiger partial charge in [-0.25, -0.2) is 4.98 Å². The monoisotopic (exact) mass is 381 g/mol. The largest absolute Gasteiger partial charge is 0.368 e. The molecule has 0 saturated carbocycles. The second kappa shape index (κ2) is 8.29. The lowest BCUT2D eigenvalue weighted by molar-refractivity contribution is 0.0963. The van der Waals surface area contributed by atoms with E-state index in [0.717, 1.165) is 37.4 Å². The normalized spacial score (nSPS) is 14.6. The summed E-state index contributed by atoms with van der Waals surface area (Å²) in [7, 11) is 1.63. The van der Waals surface area contributed by atoms with Crippen molar-refractivity contribution in [1.82, 2.24) is 15.3 Å². The molecule has 0 unspecified atom stereocenters. The summed E-state index contributed by atoms with van der Waals surface area (Å²) in [4.78, 5) is 36.0. The van der Waals surface area contributed by atoms with E-state index in [9.17, 15) is 9.59 Å². The average Bonchev–Trinajstić information content (AvgIpc) is 2.71. The van der Waals surface area contributed by atoms with Crippen LogP contribution in [0.4, 0.5) is 11.6 Å². The molecular weight excluding hydrogens is 354 g/mol. The Morgan fingerprint density at radius 2 is 1.86 bits per heavy atom. The molecule has 7 heteroatoms. The van der Waals surface area contributed by atoms with Crippen LogP contribution in [0, 0.1) is 13.8 Å². The van der Waals surface area contributed by atoms with Gasteiger partial charge in [-0.2, -0.15) is 0 Å². The number of carbonyl (C=O) groups is 1. The summed E-state index contributed by atoms with van der Waals surface area (Å²) in [6.07, 6.45) is 3.75. The maximum Gasteiger partial charge on any atom is 0.255 e. The van der Waals surface area contributed by atoms with Gasteiger partial charge < -0.3 is 15.1 Å². The SMILES string of the molecule is C/C=C\c1nc(N2CCN(c3ccc(C(=O)NC)cc3C)CC2)[nH]c(=O)c1C. The van der Waals surface area contributed by atoms with Gasteiger partial charge in [-0.1, -0.05) is 6.08 Å². The highest BCUT2D eigenvalue weighted by molar-refractivity contribution is 5.94. The Balaban J connectivity index is 1.75. The zero-order valence-corrected chi connectivity index (χ0v) is 16.9. The van der Waals surface area contributed by atoms with E-state index in [2.05, 4.69) is 25.1 Å². The number of piperazine rings is 1. The van der Waals surface area contributed by atoms with E-state index in [1.807, 2.05) is 44.2 Å². The lowest BCUT2D eigenvalue weighted by Gasteiger charge is -2.37. The third-order valence-corrected chi connectivity index (χ3v) is 5.11. The van der Waals surface area contributed by atoms with Crippen molar-refractivity contribution < 1.29 is 4.79 Å². The van der Waals surface area contributed by atoms with E-state index < -0.39 is 0 Å². The van der Waals surface area contributed by atoms with Crippen LogP contribution >= 0.6 is 0 Å². The molecule has 3 rings (SSSR count). The molecule has 1 saturated heterocycles. The van der Waals surface area contributed by atoms with Gasteiger partial charge in [0, 0.05) is 50.0 Å². The molecular formula is C21H27N5O2. The minimum absolute atomic E-state index is 0.0780. The number of nitrogens with one attached hydrogen (secondary N) is 2. The van der Waals surface area contributed by atoms with Gasteiger partial charge in [-0.15, -0.1) is 0 Å². The van der Waals surface area contributed by atoms with Crippen LogP contribution in [0.25, 0.3) is 6.08 Å². The molecule has 2 aromatic rings. The van der Waals surface area contributed by atoms with Crippen molar-refractivity contribution in [2.45, 2.75) is 20.8 Å². The molecule has 0 spiro atoms. The van der Waals surface area contributed by atoms with Crippen LogP contribution in [-0.2, 0) is 0 Å². The summed E-state index contributed by atoms with van der Waals surface area (Å²) in [6, 6.07) is 5.78. The Morgan fingerprint density at radius 3 is 2.46 bits per heavy atom. The minimum atomic E-state index is -0.0961. The highest BCUT2D eigenvalue weighted by Gasteiger charge is 2.21. The van der Waals surface area contributed by atoms with Gasteiger partial charge in [0.05, 0.1) is 5.69 Å². The third-order valence-electron chi connectivity index (χ3n) is 5.11. The quantitative estimate of drug-likeness (QED) is 0.848. The summed E-state index contributed by atoms with van der Waals surface area (Å²) in [5.41, 5.74) is 4.12. The number of amides is 1. The molecule has 7 nitrogen and oxygen atoms in total. The summed E-state index contributed by atoms with van der Waals surface area (Å²) in [5.74, 6) is 0.542. The second-order valence-electron chi connectivity index (χ2n) is 6.95. The van der Waals surface area contributed by atoms with E-state index in [4.69, 9.17) is 0 Å². The van der Waals surface area contributed by atoms with Gasteiger partial charge in [0.25, 0.3) is 11.5 Å². The fraction of sp³-hybridized carbons (Fsp3) is 0.381. The first kappa shape index (κ1) is 19.7. The van der Waals surface area contributed by atoms with Crippen LogP contribution in [-0.4, -0.2) is 49.1 Å². The van der Waals surface area contributed by atoms with Gasteiger partial charge in [-0.05, 0) is 50.6 Å². The number of hydrogen-bond donors (Lipinski definition) is 2. The lowest BCUT2D eigenvalue weighted by atomic mass is 10.1. The molecule has 148 valence electrons. The molecule has 1 amide bonds. The minimum Gasteiger partial charge on any atom is -0.368 e. The smallest absolute Gasteiger partial charge is 0.255 e. The Labute approximate surface area is 165 Å². The predicted molar refractivity (Wildman–Crippen MR) is 113 cm³/mol. The molecule has 0 bridgehead atoms. The van der Waals surface area contributed by atoms with E-state index in [-0.39, 0.29) is 11.5 Å². The Bertz CT molecular complexity index is 956. The summed E-state index contributed by atoms with van der Waals surface area (Å²) in [6.45, 7) is 8.88. The summed E-state index contributed by atoms with van der Waals surface area (Å²) >= 11 is 0. The highest BCUT2D eigenvalue weighted by Crippen LogP contribution is 2.23. The first-order valence-electron chi connectivity index (χ1n) is 9.50. The zero-order valence-electron chi connectivity index (χ0n) is 16.9. The molecule has 0 atom stereocenters. The van der Waals surface area contributed by atoms with Crippen molar-refractivity contribution in [3.8, 4) is 0 Å². The van der Waals surface area contributed by atoms with Crippen LogP contribution in [0.15, 0.2) is 29.1 Å². The fourth-order valence-electron chi connectivity index (χ4n) is 3.46. The van der Waals surface area contributed by atoms with E-state index in [0.29, 0.717) is 22.8 Å². The number of nitrogens with zero attached hydrogens (tertiary/aromatic N) is 3. The van der Waals surface area contributed by atoms with Crippen LogP contribution in [0.5, 0.6) is 0 Å². The Kier molecular flexibility index (Phi) is 5.82. The summed E-state index contributed by atoms with van der Waals surface area (Å²) < 4.78 is 0. The average molecular weight is 381 g/mol. The first-order valence-corrected chi connectivity index (χ1v) is 9.50. The van der Waals surface area contributed by atoms with Gasteiger partial charge >= 0.3 is 0 Å². The van der Waals surface area contributed by atoms with E-state index in [1.54, 1.807) is 14.0 Å². The number of aromatic nitrogens is 2. The topological polar surface area (TPSA) is 81.3 Å². The van der Waals surface area contributed by atoms with Crippen molar-refractivity contribution in [3.63, 3.8) is 0 Å². The second-order valence-corrected chi connectivity index (χ2v) is 6.95. The Hall–Kier alpha value is -3.09. The van der Waals surface area contributed by atoms with Crippen molar-refractivity contribution in [3.05, 3.63) is 57.0 Å². The van der Waals surface area contributed by atoms with Gasteiger partial charge in [-0.3, -0.25) is 14.6 Å². The maximum absolute atomic E-state index is 12.2. The number of anilines is 2. The Morgan fingerprint density at radius 1 is 1.18 bits per heavy atom. The third kappa shape index (κ3) is 3.93. The molecule has 0 radical (unpaired) electrons. The number of aryl methyl sites for hydroxylation is 1. The standard InChI is InChI=1S/C21H27N5O2/c1-5-6-17-15(3)19(27)24-21(23-17)26-11-9-25(10-12-26)18-8-7-16(13-14(18)2)20(28)22-4/h5-8,13H,9-12H2,1-4H3,(H,22,28)(H,23,24,27)/b6-5-. The van der Waals surface area contributed by atoms with Crippen LogP contribution in [0.1, 0.15) is 34.1 Å². The fourth-order valence-corrected chi connectivity index (χ4v) is 3.46. The molecule has 1 aliphatic heterocycles. The van der Waals surface area contributed by atoms with Crippen LogP contribution < -0.4 is 20.7 Å².